The molecule has 15 heavy (non-hydrogen) atoms. The lowest BCUT2D eigenvalue weighted by Crippen LogP contribution is -2.33. The first kappa shape index (κ1) is 10.6. The molecule has 0 bridgehead atoms. The number of nitrogens with one attached hydrogen (secondary N) is 2. The molecule has 0 aliphatic carbocycles. The van der Waals surface area contributed by atoms with Crippen LogP contribution in [0.15, 0.2) is 18.2 Å². The highest BCUT2D eigenvalue weighted by Crippen LogP contribution is 2.33. The van der Waals surface area contributed by atoms with Crippen LogP contribution in [0.3, 0.4) is 0 Å². The molecule has 82 valence electrons. The van der Waals surface area contributed by atoms with E-state index in [2.05, 4.69) is 10.6 Å². The van der Waals surface area contributed by atoms with E-state index in [0.717, 1.165) is 36.0 Å². The zero-order valence-electron chi connectivity index (χ0n) is 8.72. The van der Waals surface area contributed by atoms with E-state index in [1.54, 1.807) is 7.11 Å². The van der Waals surface area contributed by atoms with Crippen LogP contribution in [0.4, 0.5) is 11.4 Å². The third kappa shape index (κ3) is 2.36. The minimum absolute atomic E-state index is 0.413. The molecule has 1 atom stereocenters. The maximum Gasteiger partial charge on any atom is 0.0766 e. The van der Waals surface area contributed by atoms with Crippen LogP contribution in [0.1, 0.15) is 6.42 Å². The van der Waals surface area contributed by atoms with Gasteiger partial charge in [0.05, 0.1) is 16.4 Å². The largest absolute Gasteiger partial charge is 0.385 e. The third-order valence-corrected chi connectivity index (χ3v) is 2.88. The van der Waals surface area contributed by atoms with Gasteiger partial charge < -0.3 is 15.4 Å². The molecule has 3 nitrogen and oxygen atoms in total. The minimum Gasteiger partial charge on any atom is -0.385 e. The lowest BCUT2D eigenvalue weighted by Gasteiger charge is -2.28. The molecule has 1 unspecified atom stereocenters. The fraction of sp³-hybridized carbons (Fsp3) is 0.455. The normalized spacial score (nSPS) is 18.9. The van der Waals surface area contributed by atoms with Crippen LogP contribution in [-0.2, 0) is 4.74 Å². The standard InChI is InChI=1S/C11H15ClN2O/c1-15-6-5-8-7-13-11-9(12)3-2-4-10(11)14-8/h2-4,8,13-14H,5-7H2,1H3. The summed E-state index contributed by atoms with van der Waals surface area (Å²) in [7, 11) is 1.72. The summed E-state index contributed by atoms with van der Waals surface area (Å²) >= 11 is 6.07. The molecule has 1 aliphatic heterocycles. The first-order valence-electron chi connectivity index (χ1n) is 5.09. The van der Waals surface area contributed by atoms with E-state index in [9.17, 15) is 0 Å². The number of benzene rings is 1. The Bertz CT molecular complexity index is 343. The van der Waals surface area contributed by atoms with E-state index < -0.39 is 0 Å². The van der Waals surface area contributed by atoms with Gasteiger partial charge in [0.2, 0.25) is 0 Å². The molecule has 0 saturated carbocycles. The summed E-state index contributed by atoms with van der Waals surface area (Å²) in [4.78, 5) is 0. The van der Waals surface area contributed by atoms with Crippen molar-refractivity contribution in [1.82, 2.24) is 0 Å². The van der Waals surface area contributed by atoms with Crippen LogP contribution in [0.25, 0.3) is 0 Å². The number of halogens is 1. The second-order valence-corrected chi connectivity index (χ2v) is 4.07. The lowest BCUT2D eigenvalue weighted by atomic mass is 10.1. The van der Waals surface area contributed by atoms with Crippen molar-refractivity contribution in [1.29, 1.82) is 0 Å². The number of ether oxygens (including phenoxy) is 1. The van der Waals surface area contributed by atoms with Gasteiger partial charge in [0.1, 0.15) is 0 Å². The van der Waals surface area contributed by atoms with Crippen molar-refractivity contribution < 1.29 is 4.74 Å². The zero-order valence-corrected chi connectivity index (χ0v) is 9.47. The number of anilines is 2. The topological polar surface area (TPSA) is 33.3 Å². The summed E-state index contributed by atoms with van der Waals surface area (Å²) in [6, 6.07) is 6.29. The van der Waals surface area contributed by atoms with E-state index in [1.807, 2.05) is 18.2 Å². The Morgan fingerprint density at radius 1 is 1.53 bits per heavy atom. The van der Waals surface area contributed by atoms with Crippen LogP contribution >= 0.6 is 11.6 Å². The van der Waals surface area contributed by atoms with Crippen LogP contribution in [-0.4, -0.2) is 26.3 Å². The molecule has 0 amide bonds. The van der Waals surface area contributed by atoms with Crippen molar-refractivity contribution in [3.63, 3.8) is 0 Å². The van der Waals surface area contributed by atoms with Crippen LogP contribution in [0.2, 0.25) is 5.02 Å². The van der Waals surface area contributed by atoms with Crippen molar-refractivity contribution in [3.05, 3.63) is 23.2 Å². The third-order valence-electron chi connectivity index (χ3n) is 2.57. The van der Waals surface area contributed by atoms with Crippen LogP contribution in [0, 0.1) is 0 Å². The van der Waals surface area contributed by atoms with Gasteiger partial charge in [-0.25, -0.2) is 0 Å². The highest BCUT2D eigenvalue weighted by Gasteiger charge is 2.18. The maximum atomic E-state index is 6.07. The Balaban J connectivity index is 2.07. The van der Waals surface area contributed by atoms with Gasteiger partial charge in [-0.2, -0.15) is 0 Å². The predicted molar refractivity (Wildman–Crippen MR) is 63.8 cm³/mol. The Labute approximate surface area is 94.8 Å². The second kappa shape index (κ2) is 4.73. The molecule has 0 saturated heterocycles. The summed E-state index contributed by atoms with van der Waals surface area (Å²) in [6.07, 6.45) is 0.995. The van der Waals surface area contributed by atoms with Crippen molar-refractivity contribution in [2.24, 2.45) is 0 Å². The van der Waals surface area contributed by atoms with E-state index in [0.29, 0.717) is 6.04 Å². The van der Waals surface area contributed by atoms with E-state index in [1.165, 1.54) is 0 Å². The molecule has 1 heterocycles. The van der Waals surface area contributed by atoms with Gasteiger partial charge in [0.25, 0.3) is 0 Å². The molecule has 0 spiro atoms. The highest BCUT2D eigenvalue weighted by atomic mass is 35.5. The van der Waals surface area contributed by atoms with E-state index in [4.69, 9.17) is 16.3 Å². The summed E-state index contributed by atoms with van der Waals surface area (Å²) in [5.74, 6) is 0. The molecule has 0 aromatic heterocycles. The van der Waals surface area contributed by atoms with Crippen molar-refractivity contribution in [2.45, 2.75) is 12.5 Å². The SMILES string of the molecule is COCCC1CNc2c(Cl)cccc2N1. The van der Waals surface area contributed by atoms with Gasteiger partial charge in [-0.1, -0.05) is 17.7 Å². The molecular weight excluding hydrogens is 212 g/mol. The van der Waals surface area contributed by atoms with E-state index in [-0.39, 0.29) is 0 Å². The number of hydrogen-bond acceptors (Lipinski definition) is 3. The van der Waals surface area contributed by atoms with Crippen molar-refractivity contribution >= 4 is 23.0 Å². The Kier molecular flexibility index (Phi) is 3.34. The monoisotopic (exact) mass is 226 g/mol. The zero-order chi connectivity index (χ0) is 10.7. The molecule has 2 N–H and O–H groups in total. The molecule has 1 aromatic rings. The average molecular weight is 227 g/mol. The van der Waals surface area contributed by atoms with Gasteiger partial charge in [-0.3, -0.25) is 0 Å². The predicted octanol–water partition coefficient (Wildman–Crippen LogP) is 2.58. The summed E-state index contributed by atoms with van der Waals surface area (Å²) in [5.41, 5.74) is 2.09. The fourth-order valence-corrected chi connectivity index (χ4v) is 2.00. The first-order chi connectivity index (χ1) is 7.31. The van der Waals surface area contributed by atoms with Gasteiger partial charge in [-0.05, 0) is 18.6 Å². The Morgan fingerprint density at radius 3 is 3.20 bits per heavy atom. The second-order valence-electron chi connectivity index (χ2n) is 3.67. The molecule has 0 radical (unpaired) electrons. The van der Waals surface area contributed by atoms with Gasteiger partial charge in [-0.15, -0.1) is 0 Å². The molecule has 0 fully saturated rings. The van der Waals surface area contributed by atoms with Gasteiger partial charge in [0.15, 0.2) is 0 Å². The quantitative estimate of drug-likeness (QED) is 0.831. The number of methoxy groups -OCH3 is 1. The van der Waals surface area contributed by atoms with Gasteiger partial charge >= 0.3 is 0 Å². The molecular formula is C11H15ClN2O. The highest BCUT2D eigenvalue weighted by molar-refractivity contribution is 6.34. The van der Waals surface area contributed by atoms with Crippen molar-refractivity contribution in [2.75, 3.05) is 30.9 Å². The number of hydrogen-bond donors (Lipinski definition) is 2. The molecule has 1 aromatic carbocycles. The molecule has 2 rings (SSSR count). The van der Waals surface area contributed by atoms with Gasteiger partial charge in [0, 0.05) is 26.3 Å². The molecule has 4 heteroatoms. The smallest absolute Gasteiger partial charge is 0.0766 e. The average Bonchev–Trinajstić information content (AvgIpc) is 2.26. The lowest BCUT2D eigenvalue weighted by molar-refractivity contribution is 0.190. The Morgan fingerprint density at radius 2 is 2.40 bits per heavy atom. The first-order valence-corrected chi connectivity index (χ1v) is 5.47. The summed E-state index contributed by atoms with van der Waals surface area (Å²) < 4.78 is 5.06. The number of fused-ring (bicyclic) bond motifs is 1. The van der Waals surface area contributed by atoms with Crippen molar-refractivity contribution in [3.8, 4) is 0 Å². The fourth-order valence-electron chi connectivity index (χ4n) is 1.75. The number of para-hydroxylation sites is 1. The number of rotatable bonds is 3. The molecule has 1 aliphatic rings. The van der Waals surface area contributed by atoms with E-state index >= 15 is 0 Å². The van der Waals surface area contributed by atoms with Crippen LogP contribution < -0.4 is 10.6 Å². The summed E-state index contributed by atoms with van der Waals surface area (Å²) in [5, 5.41) is 7.55. The maximum absolute atomic E-state index is 6.07. The minimum atomic E-state index is 0.413. The Hall–Kier alpha value is -0.930. The van der Waals surface area contributed by atoms with Crippen LogP contribution in [0.5, 0.6) is 0 Å². The summed E-state index contributed by atoms with van der Waals surface area (Å²) in [6.45, 7) is 1.66.